The lowest BCUT2D eigenvalue weighted by Crippen LogP contribution is -2.30. The van der Waals surface area contributed by atoms with E-state index in [4.69, 9.17) is 9.47 Å². The van der Waals surface area contributed by atoms with Crippen molar-refractivity contribution in [2.45, 2.75) is 39.0 Å². The molecule has 33 heavy (non-hydrogen) atoms. The molecule has 1 amide bonds. The zero-order valence-electron chi connectivity index (χ0n) is 18.2. The van der Waals surface area contributed by atoms with Gasteiger partial charge in [0, 0.05) is 23.0 Å². The van der Waals surface area contributed by atoms with E-state index in [2.05, 4.69) is 5.32 Å². The Morgan fingerprint density at radius 1 is 1.09 bits per heavy atom. The second-order valence-corrected chi connectivity index (χ2v) is 7.94. The minimum atomic E-state index is -5.01. The van der Waals surface area contributed by atoms with Crippen molar-refractivity contribution in [2.24, 2.45) is 0 Å². The second-order valence-electron chi connectivity index (χ2n) is 7.94. The molecule has 4 rings (SSSR count). The van der Waals surface area contributed by atoms with Crippen LogP contribution in [0, 0.1) is 6.92 Å². The summed E-state index contributed by atoms with van der Waals surface area (Å²) < 4.78 is 52.2. The maximum absolute atomic E-state index is 13.2. The number of ketones is 1. The molecule has 0 aliphatic carbocycles. The van der Waals surface area contributed by atoms with Crippen LogP contribution in [0.2, 0.25) is 0 Å². The van der Waals surface area contributed by atoms with E-state index in [1.807, 2.05) is 12.1 Å². The Bertz CT molecular complexity index is 1220. The molecule has 0 spiro atoms. The van der Waals surface area contributed by atoms with Gasteiger partial charge in [-0.05, 0) is 37.6 Å². The van der Waals surface area contributed by atoms with Crippen LogP contribution < -0.4 is 14.8 Å². The summed E-state index contributed by atoms with van der Waals surface area (Å²) in [4.78, 5) is 24.9. The Hall–Kier alpha value is -3.49. The van der Waals surface area contributed by atoms with Crippen LogP contribution >= 0.6 is 0 Å². The highest BCUT2D eigenvalue weighted by Gasteiger charge is 2.42. The van der Waals surface area contributed by atoms with Crippen LogP contribution in [0.4, 0.5) is 13.2 Å². The van der Waals surface area contributed by atoms with E-state index in [9.17, 15) is 22.8 Å². The number of amides is 1. The van der Waals surface area contributed by atoms with Crippen molar-refractivity contribution < 1.29 is 32.2 Å². The summed E-state index contributed by atoms with van der Waals surface area (Å²) in [5.74, 6) is -1.07. The zero-order valence-corrected chi connectivity index (χ0v) is 18.2. The summed E-state index contributed by atoms with van der Waals surface area (Å²) in [6.07, 6.45) is -4.23. The van der Waals surface area contributed by atoms with Gasteiger partial charge in [0.2, 0.25) is 5.91 Å². The van der Waals surface area contributed by atoms with Gasteiger partial charge in [0.1, 0.15) is 6.54 Å². The summed E-state index contributed by atoms with van der Waals surface area (Å²) >= 11 is 0. The molecule has 1 aliphatic rings. The molecule has 1 N–H and O–H groups in total. The standard InChI is InChI=1S/C24H23F3N2O4/c1-14(16-8-9-19-20(12-16)33-11-5-10-32-19)28-21(30)13-29-15(2)22(23(31)24(25,26)27)17-6-3-4-7-18(17)29/h3-4,6-9,12,14H,5,10-11,13H2,1-2H3,(H,28,30). The molecule has 0 radical (unpaired) electrons. The molecular formula is C24H23F3N2O4. The first kappa shape index (κ1) is 22.7. The van der Waals surface area contributed by atoms with Crippen LogP contribution in [-0.2, 0) is 11.3 Å². The van der Waals surface area contributed by atoms with Crippen molar-refractivity contribution >= 4 is 22.6 Å². The minimum Gasteiger partial charge on any atom is -0.490 e. The molecule has 0 saturated heterocycles. The van der Waals surface area contributed by atoms with Crippen molar-refractivity contribution in [3.05, 3.63) is 59.3 Å². The van der Waals surface area contributed by atoms with Gasteiger partial charge in [-0.2, -0.15) is 13.2 Å². The highest BCUT2D eigenvalue weighted by molar-refractivity contribution is 6.12. The van der Waals surface area contributed by atoms with Gasteiger partial charge in [-0.3, -0.25) is 9.59 Å². The number of carbonyl (C=O) groups excluding carboxylic acids is 2. The lowest BCUT2D eigenvalue weighted by molar-refractivity contribution is -0.122. The number of ether oxygens (including phenoxy) is 2. The summed E-state index contributed by atoms with van der Waals surface area (Å²) in [7, 11) is 0. The number of hydrogen-bond donors (Lipinski definition) is 1. The molecule has 1 aliphatic heterocycles. The van der Waals surface area contributed by atoms with E-state index >= 15 is 0 Å². The molecule has 0 saturated carbocycles. The fraction of sp³-hybridized carbons (Fsp3) is 0.333. The topological polar surface area (TPSA) is 69.6 Å². The fourth-order valence-corrected chi connectivity index (χ4v) is 4.03. The average Bonchev–Trinajstić information content (AvgIpc) is 2.91. The normalized spacial score (nSPS) is 14.6. The average molecular weight is 460 g/mol. The third-order valence-corrected chi connectivity index (χ3v) is 5.67. The lowest BCUT2D eigenvalue weighted by atomic mass is 10.1. The Morgan fingerprint density at radius 3 is 2.52 bits per heavy atom. The number of aromatic nitrogens is 1. The summed E-state index contributed by atoms with van der Waals surface area (Å²) in [6.45, 7) is 4.10. The van der Waals surface area contributed by atoms with Crippen molar-refractivity contribution in [3.8, 4) is 11.5 Å². The quantitative estimate of drug-likeness (QED) is 0.559. The number of Topliss-reactive ketones (excluding diaryl/α,β-unsaturated/α-hetero) is 1. The number of para-hydroxylation sites is 1. The van der Waals surface area contributed by atoms with Crippen molar-refractivity contribution in [1.82, 2.24) is 9.88 Å². The van der Waals surface area contributed by atoms with E-state index in [0.29, 0.717) is 30.2 Å². The van der Waals surface area contributed by atoms with Crippen LogP contribution in [0.25, 0.3) is 10.9 Å². The Morgan fingerprint density at radius 2 is 1.79 bits per heavy atom. The Kier molecular flexibility index (Phi) is 6.05. The van der Waals surface area contributed by atoms with Gasteiger partial charge >= 0.3 is 6.18 Å². The molecule has 1 aromatic heterocycles. The maximum atomic E-state index is 13.2. The third kappa shape index (κ3) is 4.53. The number of alkyl halides is 3. The van der Waals surface area contributed by atoms with Crippen molar-refractivity contribution in [3.63, 3.8) is 0 Å². The maximum Gasteiger partial charge on any atom is 0.454 e. The van der Waals surface area contributed by atoms with Gasteiger partial charge in [-0.1, -0.05) is 24.3 Å². The van der Waals surface area contributed by atoms with Crippen LogP contribution in [0.5, 0.6) is 11.5 Å². The van der Waals surface area contributed by atoms with E-state index in [1.54, 1.807) is 31.2 Å². The van der Waals surface area contributed by atoms with Crippen LogP contribution in [-0.4, -0.2) is 35.6 Å². The van der Waals surface area contributed by atoms with Crippen LogP contribution in [0.15, 0.2) is 42.5 Å². The fourth-order valence-electron chi connectivity index (χ4n) is 4.03. The molecule has 174 valence electrons. The van der Waals surface area contributed by atoms with E-state index < -0.39 is 23.4 Å². The largest absolute Gasteiger partial charge is 0.490 e. The first-order chi connectivity index (χ1) is 15.7. The number of halogens is 3. The number of fused-ring (bicyclic) bond motifs is 2. The zero-order chi connectivity index (χ0) is 23.8. The van der Waals surface area contributed by atoms with Gasteiger partial charge in [0.25, 0.3) is 5.78 Å². The summed E-state index contributed by atoms with van der Waals surface area (Å²) in [5.41, 5.74) is 0.856. The van der Waals surface area contributed by atoms with Gasteiger partial charge in [0.05, 0.1) is 24.8 Å². The van der Waals surface area contributed by atoms with Crippen molar-refractivity contribution in [1.29, 1.82) is 0 Å². The number of benzene rings is 2. The minimum absolute atomic E-state index is 0.0944. The number of nitrogens with zero attached hydrogens (tertiary/aromatic N) is 1. The van der Waals surface area contributed by atoms with E-state index in [-0.39, 0.29) is 23.7 Å². The van der Waals surface area contributed by atoms with Crippen LogP contribution in [0.3, 0.4) is 0 Å². The van der Waals surface area contributed by atoms with Gasteiger partial charge in [-0.25, -0.2) is 0 Å². The first-order valence-corrected chi connectivity index (χ1v) is 10.5. The molecule has 9 heteroatoms. The first-order valence-electron chi connectivity index (χ1n) is 10.5. The molecule has 1 unspecified atom stereocenters. The molecule has 1 atom stereocenters. The number of rotatable bonds is 5. The highest BCUT2D eigenvalue weighted by Crippen LogP contribution is 2.33. The van der Waals surface area contributed by atoms with Gasteiger partial charge in [0.15, 0.2) is 11.5 Å². The smallest absolute Gasteiger partial charge is 0.454 e. The van der Waals surface area contributed by atoms with E-state index in [0.717, 1.165) is 12.0 Å². The molecule has 2 heterocycles. The van der Waals surface area contributed by atoms with E-state index in [1.165, 1.54) is 17.6 Å². The monoisotopic (exact) mass is 460 g/mol. The van der Waals surface area contributed by atoms with Crippen molar-refractivity contribution in [2.75, 3.05) is 13.2 Å². The number of carbonyl (C=O) groups is 2. The predicted molar refractivity (Wildman–Crippen MR) is 116 cm³/mol. The Labute approximate surface area is 188 Å². The van der Waals surface area contributed by atoms with Crippen LogP contribution in [0.1, 0.15) is 41.0 Å². The lowest BCUT2D eigenvalue weighted by Gasteiger charge is -2.17. The van der Waals surface area contributed by atoms with Gasteiger partial charge < -0.3 is 19.4 Å². The Balaban J connectivity index is 1.57. The molecular weight excluding hydrogens is 437 g/mol. The molecule has 6 nitrogen and oxygen atoms in total. The molecule has 0 fully saturated rings. The number of hydrogen-bond acceptors (Lipinski definition) is 4. The molecule has 2 aromatic carbocycles. The summed E-state index contributed by atoms with van der Waals surface area (Å²) in [5, 5.41) is 3.03. The van der Waals surface area contributed by atoms with Gasteiger partial charge in [-0.15, -0.1) is 0 Å². The number of nitrogens with one attached hydrogen (secondary N) is 1. The second kappa shape index (κ2) is 8.80. The third-order valence-electron chi connectivity index (χ3n) is 5.67. The highest BCUT2D eigenvalue weighted by atomic mass is 19.4. The molecule has 3 aromatic rings. The summed E-state index contributed by atoms with van der Waals surface area (Å²) in [6, 6.07) is 11.3. The predicted octanol–water partition coefficient (Wildman–Crippen LogP) is 4.73. The molecule has 0 bridgehead atoms. The SMILES string of the molecule is Cc1c(C(=O)C(F)(F)F)c2ccccc2n1CC(=O)NC(C)c1ccc2c(c1)OCCCO2.